The average Bonchev–Trinajstić information content (AvgIpc) is 2.82. The van der Waals surface area contributed by atoms with Crippen molar-refractivity contribution in [3.05, 3.63) is 36.0 Å². The van der Waals surface area contributed by atoms with Crippen molar-refractivity contribution in [1.82, 2.24) is 15.2 Å². The van der Waals surface area contributed by atoms with Crippen LogP contribution in [0.1, 0.15) is 24.3 Å². The minimum absolute atomic E-state index is 0.737. The first-order chi connectivity index (χ1) is 9.42. The minimum Gasteiger partial charge on any atom is -0.361 e. The summed E-state index contributed by atoms with van der Waals surface area (Å²) in [6, 6.07) is 9.49. The highest BCUT2D eigenvalue weighted by molar-refractivity contribution is 5.83. The topological polar surface area (TPSA) is 31.1 Å². The Kier molecular flexibility index (Phi) is 2.82. The lowest BCUT2D eigenvalue weighted by molar-refractivity contribution is 0.113. The lowest BCUT2D eigenvalue weighted by atomic mass is 9.88. The van der Waals surface area contributed by atoms with Gasteiger partial charge in [-0.05, 0) is 43.5 Å². The molecule has 0 radical (unpaired) electrons. The number of H-pyrrole nitrogens is 1. The highest BCUT2D eigenvalue weighted by Gasteiger charge is 2.29. The molecular weight excluding hydrogens is 234 g/mol. The third-order valence-corrected chi connectivity index (χ3v) is 4.87. The van der Waals surface area contributed by atoms with Gasteiger partial charge in [0.25, 0.3) is 0 Å². The molecule has 100 valence electrons. The lowest BCUT2D eigenvalue weighted by Gasteiger charge is -2.42. The van der Waals surface area contributed by atoms with E-state index in [1.165, 1.54) is 55.5 Å². The van der Waals surface area contributed by atoms with Crippen LogP contribution < -0.4 is 5.32 Å². The normalized spacial score (nSPS) is 22.7. The molecule has 1 aromatic carbocycles. The standard InChI is InChI=1S/C16H21N3/c1-2-4-16-14(3-1)15(11-18-16)12-5-7-19(8-6-12)13-9-17-10-13/h1-4,11-13,17-18H,5-10H2. The van der Waals surface area contributed by atoms with Crippen LogP contribution in [0.15, 0.2) is 30.5 Å². The number of fused-ring (bicyclic) bond motifs is 1. The number of para-hydroxylation sites is 1. The first-order valence-corrected chi connectivity index (χ1v) is 7.42. The Labute approximate surface area is 114 Å². The van der Waals surface area contributed by atoms with E-state index in [1.54, 1.807) is 0 Å². The maximum Gasteiger partial charge on any atom is 0.0456 e. The Morgan fingerprint density at radius 3 is 2.58 bits per heavy atom. The van der Waals surface area contributed by atoms with Crippen molar-refractivity contribution < 1.29 is 0 Å². The Bertz CT molecular complexity index is 562. The van der Waals surface area contributed by atoms with E-state index in [4.69, 9.17) is 0 Å². The van der Waals surface area contributed by atoms with Crippen molar-refractivity contribution in [2.45, 2.75) is 24.8 Å². The van der Waals surface area contributed by atoms with Crippen molar-refractivity contribution in [3.63, 3.8) is 0 Å². The van der Waals surface area contributed by atoms with Crippen LogP contribution in [-0.2, 0) is 0 Å². The molecule has 2 N–H and O–H groups in total. The second-order valence-corrected chi connectivity index (χ2v) is 5.91. The molecule has 3 heteroatoms. The number of aromatic nitrogens is 1. The molecule has 0 saturated carbocycles. The van der Waals surface area contributed by atoms with E-state index in [9.17, 15) is 0 Å². The summed E-state index contributed by atoms with van der Waals surface area (Å²) in [7, 11) is 0. The minimum atomic E-state index is 0.737. The lowest BCUT2D eigenvalue weighted by Crippen LogP contribution is -2.58. The number of hydrogen-bond acceptors (Lipinski definition) is 2. The van der Waals surface area contributed by atoms with Crippen LogP contribution in [0.5, 0.6) is 0 Å². The molecule has 0 bridgehead atoms. The smallest absolute Gasteiger partial charge is 0.0456 e. The number of nitrogens with one attached hydrogen (secondary N) is 2. The van der Waals surface area contributed by atoms with Gasteiger partial charge < -0.3 is 10.3 Å². The molecule has 3 heterocycles. The van der Waals surface area contributed by atoms with Crippen LogP contribution in [-0.4, -0.2) is 42.1 Å². The Balaban J connectivity index is 1.51. The van der Waals surface area contributed by atoms with Gasteiger partial charge in [-0.2, -0.15) is 0 Å². The largest absolute Gasteiger partial charge is 0.361 e. The molecule has 1 aromatic heterocycles. The average molecular weight is 255 g/mol. The first-order valence-electron chi connectivity index (χ1n) is 7.42. The summed E-state index contributed by atoms with van der Waals surface area (Å²) in [5.74, 6) is 0.737. The van der Waals surface area contributed by atoms with E-state index < -0.39 is 0 Å². The Morgan fingerprint density at radius 1 is 1.05 bits per heavy atom. The molecule has 3 nitrogen and oxygen atoms in total. The van der Waals surface area contributed by atoms with Crippen molar-refractivity contribution in [2.24, 2.45) is 0 Å². The van der Waals surface area contributed by atoms with Gasteiger partial charge in [-0.15, -0.1) is 0 Å². The summed E-state index contributed by atoms with van der Waals surface area (Å²) in [6.07, 6.45) is 4.84. The highest BCUT2D eigenvalue weighted by atomic mass is 15.2. The van der Waals surface area contributed by atoms with Crippen LogP contribution in [0.3, 0.4) is 0 Å². The van der Waals surface area contributed by atoms with Gasteiger partial charge in [0.15, 0.2) is 0 Å². The molecule has 0 amide bonds. The van der Waals surface area contributed by atoms with Gasteiger partial charge in [0.1, 0.15) is 0 Å². The number of likely N-dealkylation sites (tertiary alicyclic amines) is 1. The van der Waals surface area contributed by atoms with Gasteiger partial charge in [-0.1, -0.05) is 18.2 Å². The van der Waals surface area contributed by atoms with Crippen LogP contribution >= 0.6 is 0 Å². The van der Waals surface area contributed by atoms with Crippen molar-refractivity contribution >= 4 is 10.9 Å². The number of nitrogens with zero attached hydrogens (tertiary/aromatic N) is 1. The first kappa shape index (κ1) is 11.5. The summed E-state index contributed by atoms with van der Waals surface area (Å²) in [5, 5.41) is 4.80. The fourth-order valence-electron chi connectivity index (χ4n) is 3.54. The fourth-order valence-corrected chi connectivity index (χ4v) is 3.54. The molecule has 0 aliphatic carbocycles. The predicted molar refractivity (Wildman–Crippen MR) is 78.5 cm³/mol. The number of benzene rings is 1. The third kappa shape index (κ3) is 1.97. The summed E-state index contributed by atoms with van der Waals surface area (Å²) < 4.78 is 0. The summed E-state index contributed by atoms with van der Waals surface area (Å²) in [5.41, 5.74) is 2.81. The molecule has 19 heavy (non-hydrogen) atoms. The number of aromatic amines is 1. The molecule has 2 saturated heterocycles. The molecule has 0 spiro atoms. The van der Waals surface area contributed by atoms with Gasteiger partial charge in [0, 0.05) is 36.2 Å². The predicted octanol–water partition coefficient (Wildman–Crippen LogP) is 2.32. The molecule has 2 fully saturated rings. The van der Waals surface area contributed by atoms with Gasteiger partial charge in [-0.3, -0.25) is 4.90 Å². The van der Waals surface area contributed by atoms with E-state index in [1.807, 2.05) is 0 Å². The van der Waals surface area contributed by atoms with E-state index in [0.29, 0.717) is 0 Å². The van der Waals surface area contributed by atoms with Crippen molar-refractivity contribution in [3.8, 4) is 0 Å². The number of rotatable bonds is 2. The molecule has 0 unspecified atom stereocenters. The van der Waals surface area contributed by atoms with Crippen LogP contribution in [0.2, 0.25) is 0 Å². The van der Waals surface area contributed by atoms with E-state index in [-0.39, 0.29) is 0 Å². The molecule has 2 aromatic rings. The fraction of sp³-hybridized carbons (Fsp3) is 0.500. The maximum atomic E-state index is 3.42. The monoisotopic (exact) mass is 255 g/mol. The SMILES string of the molecule is c1ccc2c(C3CCN(C4CNC4)CC3)c[nH]c2c1. The second-order valence-electron chi connectivity index (χ2n) is 5.91. The van der Waals surface area contributed by atoms with E-state index >= 15 is 0 Å². The molecule has 2 aliphatic heterocycles. The molecule has 4 rings (SSSR count). The number of hydrogen-bond donors (Lipinski definition) is 2. The molecule has 2 aliphatic rings. The van der Waals surface area contributed by atoms with E-state index in [0.717, 1.165) is 12.0 Å². The number of piperidine rings is 1. The van der Waals surface area contributed by atoms with Crippen molar-refractivity contribution in [1.29, 1.82) is 0 Å². The zero-order valence-corrected chi connectivity index (χ0v) is 11.2. The summed E-state index contributed by atoms with van der Waals surface area (Å²) >= 11 is 0. The van der Waals surface area contributed by atoms with Crippen LogP contribution in [0, 0.1) is 0 Å². The summed E-state index contributed by atoms with van der Waals surface area (Å²) in [4.78, 5) is 6.09. The van der Waals surface area contributed by atoms with Gasteiger partial charge in [0.2, 0.25) is 0 Å². The third-order valence-electron chi connectivity index (χ3n) is 4.87. The van der Waals surface area contributed by atoms with Crippen molar-refractivity contribution in [2.75, 3.05) is 26.2 Å². The molecular formula is C16H21N3. The van der Waals surface area contributed by atoms with Gasteiger partial charge >= 0.3 is 0 Å². The van der Waals surface area contributed by atoms with Gasteiger partial charge in [0.05, 0.1) is 0 Å². The quantitative estimate of drug-likeness (QED) is 0.863. The van der Waals surface area contributed by atoms with Crippen LogP contribution in [0.4, 0.5) is 0 Å². The molecule has 0 atom stereocenters. The summed E-state index contributed by atoms with van der Waals surface area (Å²) in [6.45, 7) is 4.91. The zero-order valence-electron chi connectivity index (χ0n) is 11.2. The maximum absolute atomic E-state index is 3.42. The second kappa shape index (κ2) is 4.66. The van der Waals surface area contributed by atoms with Gasteiger partial charge in [-0.25, -0.2) is 0 Å². The Morgan fingerprint density at radius 2 is 1.84 bits per heavy atom. The Hall–Kier alpha value is -1.32. The highest BCUT2D eigenvalue weighted by Crippen LogP contribution is 2.33. The zero-order chi connectivity index (χ0) is 12.7. The van der Waals surface area contributed by atoms with E-state index in [2.05, 4.69) is 45.7 Å². The van der Waals surface area contributed by atoms with Crippen LogP contribution in [0.25, 0.3) is 10.9 Å².